The zero-order chi connectivity index (χ0) is 13.7. The molecule has 18 heavy (non-hydrogen) atoms. The summed E-state index contributed by atoms with van der Waals surface area (Å²) in [5.41, 5.74) is -1.50. The normalized spacial score (nSPS) is 9.56. The predicted molar refractivity (Wildman–Crippen MR) is 62.0 cm³/mol. The van der Waals surface area contributed by atoms with Crippen molar-refractivity contribution in [3.63, 3.8) is 0 Å². The maximum Gasteiger partial charge on any atom is 0.342 e. The summed E-state index contributed by atoms with van der Waals surface area (Å²) in [5.74, 6) is -0.0829. The molecule has 0 aliphatic carbocycles. The molecule has 0 heterocycles. The van der Waals surface area contributed by atoms with E-state index in [1.54, 1.807) is 0 Å². The molecule has 0 unspecified atom stereocenters. The quantitative estimate of drug-likeness (QED) is 0.361. The number of rotatable bonds is 5. The third-order valence-electron chi connectivity index (χ3n) is 2.10. The average molecular weight is 252 g/mol. The van der Waals surface area contributed by atoms with Gasteiger partial charge in [-0.1, -0.05) is 0 Å². The molecule has 0 spiro atoms. The molecule has 0 atom stereocenters. The van der Waals surface area contributed by atoms with Crippen LogP contribution in [0.15, 0.2) is 12.1 Å². The van der Waals surface area contributed by atoms with E-state index < -0.39 is 28.0 Å². The molecule has 2 N–H and O–H groups in total. The summed E-state index contributed by atoms with van der Waals surface area (Å²) in [6.45, 7) is 0.240. The lowest BCUT2D eigenvalue weighted by molar-refractivity contribution is -0.385. The Hall–Kier alpha value is -2.62. The number of aromatic carboxylic acids is 1. The van der Waals surface area contributed by atoms with E-state index in [0.29, 0.717) is 12.5 Å². The highest BCUT2D eigenvalue weighted by Crippen LogP contribution is 2.26. The van der Waals surface area contributed by atoms with E-state index in [9.17, 15) is 19.3 Å². The van der Waals surface area contributed by atoms with Crippen LogP contribution in [0, 0.1) is 28.3 Å². The molecule has 6 nitrogen and oxygen atoms in total. The Labute approximate surface area is 102 Å². The highest BCUT2D eigenvalue weighted by atomic mass is 19.1. The van der Waals surface area contributed by atoms with E-state index in [1.807, 2.05) is 0 Å². The van der Waals surface area contributed by atoms with Gasteiger partial charge in [-0.25, -0.2) is 9.18 Å². The minimum atomic E-state index is -1.50. The lowest BCUT2D eigenvalue weighted by Gasteiger charge is -2.07. The van der Waals surface area contributed by atoms with Gasteiger partial charge in [0.05, 0.1) is 16.7 Å². The minimum Gasteiger partial charge on any atom is -0.477 e. The molecule has 0 bridgehead atoms. The molecule has 0 aliphatic heterocycles. The fraction of sp³-hybridized carbons (Fsp3) is 0.182. The van der Waals surface area contributed by atoms with Gasteiger partial charge in [-0.15, -0.1) is 12.3 Å². The SMILES string of the molecule is C#CCCNc1cc(C(=O)O)c([N+](=O)[O-])cc1F. The van der Waals surface area contributed by atoms with Gasteiger partial charge in [0.15, 0.2) is 5.82 Å². The number of nitrogens with one attached hydrogen (secondary N) is 1. The predicted octanol–water partition coefficient (Wildman–Crippen LogP) is 1.87. The maximum atomic E-state index is 13.5. The summed E-state index contributed by atoms with van der Waals surface area (Å²) < 4.78 is 13.5. The van der Waals surface area contributed by atoms with Crippen molar-refractivity contribution in [1.82, 2.24) is 0 Å². The van der Waals surface area contributed by atoms with Crippen molar-refractivity contribution in [1.29, 1.82) is 0 Å². The number of halogens is 1. The first-order valence-electron chi connectivity index (χ1n) is 4.86. The van der Waals surface area contributed by atoms with Crippen LogP contribution in [0.25, 0.3) is 0 Å². The number of terminal acetylenes is 1. The Morgan fingerprint density at radius 3 is 2.78 bits per heavy atom. The largest absolute Gasteiger partial charge is 0.477 e. The first-order valence-corrected chi connectivity index (χ1v) is 4.86. The fourth-order valence-electron chi connectivity index (χ4n) is 1.29. The Morgan fingerprint density at radius 1 is 1.61 bits per heavy atom. The van der Waals surface area contributed by atoms with Crippen LogP contribution in [0.2, 0.25) is 0 Å². The molecule has 1 aromatic rings. The van der Waals surface area contributed by atoms with Crippen LogP contribution in [0.1, 0.15) is 16.8 Å². The molecule has 0 aromatic heterocycles. The highest BCUT2D eigenvalue weighted by molar-refractivity contribution is 5.93. The van der Waals surface area contributed by atoms with Crippen LogP contribution in [-0.2, 0) is 0 Å². The topological polar surface area (TPSA) is 92.5 Å². The van der Waals surface area contributed by atoms with Crippen LogP contribution in [-0.4, -0.2) is 22.5 Å². The number of anilines is 1. The van der Waals surface area contributed by atoms with Crippen LogP contribution in [0.3, 0.4) is 0 Å². The number of nitro groups is 1. The Bertz CT molecular complexity index is 537. The molecule has 1 rings (SSSR count). The average Bonchev–Trinajstić information content (AvgIpc) is 2.30. The zero-order valence-corrected chi connectivity index (χ0v) is 9.14. The molecule has 0 fully saturated rings. The van der Waals surface area contributed by atoms with Gasteiger partial charge in [-0.3, -0.25) is 10.1 Å². The van der Waals surface area contributed by atoms with E-state index >= 15 is 0 Å². The van der Waals surface area contributed by atoms with Gasteiger partial charge in [-0.05, 0) is 6.07 Å². The molecule has 0 radical (unpaired) electrons. The summed E-state index contributed by atoms with van der Waals surface area (Å²) in [6.07, 6.45) is 5.32. The summed E-state index contributed by atoms with van der Waals surface area (Å²) in [6, 6.07) is 1.45. The Kier molecular flexibility index (Phi) is 4.21. The number of carboxylic acid groups (broad SMARTS) is 1. The summed E-state index contributed by atoms with van der Waals surface area (Å²) >= 11 is 0. The van der Waals surface area contributed by atoms with Crippen molar-refractivity contribution in [2.45, 2.75) is 6.42 Å². The molecule has 1 aromatic carbocycles. The van der Waals surface area contributed by atoms with Gasteiger partial charge in [0.1, 0.15) is 5.56 Å². The van der Waals surface area contributed by atoms with Gasteiger partial charge in [0, 0.05) is 13.0 Å². The van der Waals surface area contributed by atoms with Crippen molar-refractivity contribution in [2.75, 3.05) is 11.9 Å². The van der Waals surface area contributed by atoms with Crippen LogP contribution in [0.5, 0.6) is 0 Å². The van der Waals surface area contributed by atoms with Crippen LogP contribution in [0.4, 0.5) is 15.8 Å². The minimum absolute atomic E-state index is 0.131. The second-order valence-electron chi connectivity index (χ2n) is 3.29. The van der Waals surface area contributed by atoms with Gasteiger partial charge in [0.25, 0.3) is 5.69 Å². The molecule has 0 saturated heterocycles. The number of nitro benzene ring substituents is 1. The number of hydrogen-bond acceptors (Lipinski definition) is 4. The Balaban J connectivity index is 3.16. The molecule has 0 saturated carbocycles. The van der Waals surface area contributed by atoms with E-state index in [0.717, 1.165) is 6.07 Å². The van der Waals surface area contributed by atoms with Crippen LogP contribution >= 0.6 is 0 Å². The standard InChI is InChI=1S/C11H9FN2O4/c1-2-3-4-13-9-5-7(11(15)16)10(14(17)18)6-8(9)12/h1,5-6,13H,3-4H2,(H,15,16). The van der Waals surface area contributed by atoms with E-state index in [-0.39, 0.29) is 12.2 Å². The first-order chi connectivity index (χ1) is 8.47. The zero-order valence-electron chi connectivity index (χ0n) is 9.14. The number of carboxylic acids is 1. The number of nitrogens with zero attached hydrogens (tertiary/aromatic N) is 1. The Morgan fingerprint density at radius 2 is 2.28 bits per heavy atom. The smallest absolute Gasteiger partial charge is 0.342 e. The molecule has 0 amide bonds. The van der Waals surface area contributed by atoms with E-state index in [1.165, 1.54) is 0 Å². The van der Waals surface area contributed by atoms with Gasteiger partial charge in [-0.2, -0.15) is 0 Å². The van der Waals surface area contributed by atoms with Gasteiger partial charge >= 0.3 is 5.97 Å². The molecule has 7 heteroatoms. The number of carbonyl (C=O) groups is 1. The molecule has 0 aliphatic rings. The number of hydrogen-bond donors (Lipinski definition) is 2. The number of benzene rings is 1. The summed E-state index contributed by atoms with van der Waals surface area (Å²) in [4.78, 5) is 20.5. The maximum absolute atomic E-state index is 13.5. The van der Waals surface area contributed by atoms with Crippen LogP contribution < -0.4 is 5.32 Å². The molecular weight excluding hydrogens is 243 g/mol. The van der Waals surface area contributed by atoms with Crippen molar-refractivity contribution in [3.05, 3.63) is 33.6 Å². The van der Waals surface area contributed by atoms with Gasteiger partial charge < -0.3 is 10.4 Å². The molecule has 94 valence electrons. The monoisotopic (exact) mass is 252 g/mol. The second kappa shape index (κ2) is 5.63. The third-order valence-corrected chi connectivity index (χ3v) is 2.10. The van der Waals surface area contributed by atoms with Crippen molar-refractivity contribution >= 4 is 17.3 Å². The first kappa shape index (κ1) is 13.4. The lowest BCUT2D eigenvalue weighted by Crippen LogP contribution is -2.08. The highest BCUT2D eigenvalue weighted by Gasteiger charge is 2.23. The summed E-state index contributed by atoms with van der Waals surface area (Å²) in [5, 5.41) is 22.0. The van der Waals surface area contributed by atoms with E-state index in [2.05, 4.69) is 11.2 Å². The molecular formula is C11H9FN2O4. The van der Waals surface area contributed by atoms with Crippen molar-refractivity contribution in [3.8, 4) is 12.3 Å². The van der Waals surface area contributed by atoms with E-state index in [4.69, 9.17) is 11.5 Å². The van der Waals surface area contributed by atoms with Gasteiger partial charge in [0.2, 0.25) is 0 Å². The second-order valence-corrected chi connectivity index (χ2v) is 3.29. The van der Waals surface area contributed by atoms with Crippen molar-refractivity contribution < 1.29 is 19.2 Å². The summed E-state index contributed by atoms with van der Waals surface area (Å²) in [7, 11) is 0. The lowest BCUT2D eigenvalue weighted by atomic mass is 10.1. The fourth-order valence-corrected chi connectivity index (χ4v) is 1.29. The van der Waals surface area contributed by atoms with Crippen molar-refractivity contribution in [2.24, 2.45) is 0 Å². The third kappa shape index (κ3) is 2.95.